The van der Waals surface area contributed by atoms with E-state index in [1.807, 2.05) is 42.5 Å². The third-order valence-electron chi connectivity index (χ3n) is 3.89. The van der Waals surface area contributed by atoms with Gasteiger partial charge in [0.25, 0.3) is 0 Å². The molecule has 0 heterocycles. The lowest BCUT2D eigenvalue weighted by atomic mass is 10.0. The molecule has 0 aliphatic carbocycles. The van der Waals surface area contributed by atoms with E-state index < -0.39 is 0 Å². The number of hydrogen-bond acceptors (Lipinski definition) is 3. The van der Waals surface area contributed by atoms with Crippen molar-refractivity contribution in [1.29, 1.82) is 0 Å². The Hall–Kier alpha value is -2.33. The summed E-state index contributed by atoms with van der Waals surface area (Å²) in [6, 6.07) is 17.5. The quantitative estimate of drug-likeness (QED) is 0.781. The summed E-state index contributed by atoms with van der Waals surface area (Å²) in [7, 11) is 0. The molecule has 0 radical (unpaired) electrons. The first-order chi connectivity index (χ1) is 11.6. The number of hydrogen-bond donors (Lipinski definition) is 2. The second-order valence-corrected chi connectivity index (χ2v) is 6.14. The van der Waals surface area contributed by atoms with Gasteiger partial charge in [0.15, 0.2) is 0 Å². The lowest BCUT2D eigenvalue weighted by Gasteiger charge is -2.13. The van der Waals surface area contributed by atoms with Crippen LogP contribution in [0, 0.1) is 0 Å². The summed E-state index contributed by atoms with van der Waals surface area (Å²) in [5.41, 5.74) is 8.34. The standard InChI is InChI=1S/C20H26N2O2/c1-15(2)16-8-10-18(11-9-16)24-13-12-20(23)22-14-19(21)17-6-4-3-5-7-17/h3-11,15,19H,12-14,21H2,1-2H3,(H,22,23). The number of nitrogens with two attached hydrogens (primary N) is 1. The maximum atomic E-state index is 11.9. The molecule has 0 spiro atoms. The summed E-state index contributed by atoms with van der Waals surface area (Å²) in [5, 5.41) is 2.85. The number of rotatable bonds is 8. The van der Waals surface area contributed by atoms with Gasteiger partial charge in [-0.2, -0.15) is 0 Å². The molecule has 1 atom stereocenters. The highest BCUT2D eigenvalue weighted by Gasteiger charge is 2.08. The molecule has 3 N–H and O–H groups in total. The molecular weight excluding hydrogens is 300 g/mol. The maximum Gasteiger partial charge on any atom is 0.223 e. The van der Waals surface area contributed by atoms with Crippen LogP contribution in [0.1, 0.15) is 43.4 Å². The van der Waals surface area contributed by atoms with Crippen molar-refractivity contribution in [2.75, 3.05) is 13.2 Å². The van der Waals surface area contributed by atoms with Gasteiger partial charge >= 0.3 is 0 Å². The number of carbonyl (C=O) groups is 1. The summed E-state index contributed by atoms with van der Waals surface area (Å²) in [6.45, 7) is 5.08. The highest BCUT2D eigenvalue weighted by atomic mass is 16.5. The van der Waals surface area contributed by atoms with Crippen LogP contribution < -0.4 is 15.8 Å². The molecule has 0 aromatic heterocycles. The molecule has 24 heavy (non-hydrogen) atoms. The van der Waals surface area contributed by atoms with Gasteiger partial charge in [-0.15, -0.1) is 0 Å². The van der Waals surface area contributed by atoms with Crippen LogP contribution in [0.3, 0.4) is 0 Å². The van der Waals surface area contributed by atoms with Crippen molar-refractivity contribution in [1.82, 2.24) is 5.32 Å². The predicted octanol–water partition coefficient (Wildman–Crippen LogP) is 3.40. The Morgan fingerprint density at radius 1 is 1.04 bits per heavy atom. The molecule has 0 saturated carbocycles. The summed E-state index contributed by atoms with van der Waals surface area (Å²) in [5.74, 6) is 1.23. The van der Waals surface area contributed by atoms with E-state index in [1.165, 1.54) is 5.56 Å². The highest BCUT2D eigenvalue weighted by Crippen LogP contribution is 2.18. The van der Waals surface area contributed by atoms with Crippen molar-refractivity contribution >= 4 is 5.91 Å². The normalized spacial score (nSPS) is 12.0. The minimum Gasteiger partial charge on any atom is -0.493 e. The van der Waals surface area contributed by atoms with E-state index in [4.69, 9.17) is 10.5 Å². The van der Waals surface area contributed by atoms with Crippen molar-refractivity contribution in [2.24, 2.45) is 5.73 Å². The summed E-state index contributed by atoms with van der Waals surface area (Å²) < 4.78 is 5.61. The van der Waals surface area contributed by atoms with Gasteiger partial charge < -0.3 is 15.8 Å². The predicted molar refractivity (Wildman–Crippen MR) is 97.0 cm³/mol. The number of amides is 1. The third-order valence-corrected chi connectivity index (χ3v) is 3.89. The van der Waals surface area contributed by atoms with E-state index in [0.29, 0.717) is 25.5 Å². The van der Waals surface area contributed by atoms with Crippen LogP contribution in [0.5, 0.6) is 5.75 Å². The van der Waals surface area contributed by atoms with Crippen LogP contribution in [0.15, 0.2) is 54.6 Å². The lowest BCUT2D eigenvalue weighted by molar-refractivity contribution is -0.121. The first-order valence-electron chi connectivity index (χ1n) is 8.36. The summed E-state index contributed by atoms with van der Waals surface area (Å²) in [6.07, 6.45) is 0.313. The zero-order chi connectivity index (χ0) is 17.4. The Balaban J connectivity index is 1.68. The molecule has 1 unspecified atom stereocenters. The van der Waals surface area contributed by atoms with Gasteiger partial charge in [0.05, 0.1) is 13.0 Å². The van der Waals surface area contributed by atoms with Gasteiger partial charge in [-0.25, -0.2) is 0 Å². The minimum atomic E-state index is -0.195. The molecule has 0 aliphatic heterocycles. The molecule has 4 heteroatoms. The maximum absolute atomic E-state index is 11.9. The Kier molecular flexibility index (Phi) is 6.82. The average molecular weight is 326 g/mol. The van der Waals surface area contributed by atoms with E-state index in [-0.39, 0.29) is 11.9 Å². The van der Waals surface area contributed by atoms with Crippen LogP contribution >= 0.6 is 0 Å². The molecule has 4 nitrogen and oxygen atoms in total. The van der Waals surface area contributed by atoms with E-state index in [9.17, 15) is 4.79 Å². The fourth-order valence-electron chi connectivity index (χ4n) is 2.34. The van der Waals surface area contributed by atoms with Crippen LogP contribution in [-0.4, -0.2) is 19.1 Å². The largest absolute Gasteiger partial charge is 0.493 e. The Morgan fingerprint density at radius 2 is 1.71 bits per heavy atom. The first-order valence-corrected chi connectivity index (χ1v) is 8.36. The number of carbonyl (C=O) groups excluding carboxylic acids is 1. The van der Waals surface area contributed by atoms with E-state index in [0.717, 1.165) is 11.3 Å². The van der Waals surface area contributed by atoms with Gasteiger partial charge in [0, 0.05) is 12.6 Å². The number of nitrogens with one attached hydrogen (secondary N) is 1. The minimum absolute atomic E-state index is 0.0554. The van der Waals surface area contributed by atoms with Crippen molar-refractivity contribution in [3.05, 3.63) is 65.7 Å². The van der Waals surface area contributed by atoms with Crippen LogP contribution in [0.25, 0.3) is 0 Å². The van der Waals surface area contributed by atoms with Gasteiger partial charge in [-0.1, -0.05) is 56.3 Å². The van der Waals surface area contributed by atoms with Crippen molar-refractivity contribution < 1.29 is 9.53 Å². The first kappa shape index (κ1) is 18.0. The van der Waals surface area contributed by atoms with E-state index in [1.54, 1.807) is 0 Å². The topological polar surface area (TPSA) is 64.3 Å². The molecule has 0 fully saturated rings. The molecule has 0 aliphatic rings. The average Bonchev–Trinajstić information content (AvgIpc) is 2.61. The van der Waals surface area contributed by atoms with Crippen molar-refractivity contribution in [2.45, 2.75) is 32.2 Å². The summed E-state index contributed by atoms with van der Waals surface area (Å²) in [4.78, 5) is 11.9. The molecule has 1 amide bonds. The van der Waals surface area contributed by atoms with Gasteiger partial charge in [0.2, 0.25) is 5.91 Å². The van der Waals surface area contributed by atoms with Crippen LogP contribution in [-0.2, 0) is 4.79 Å². The van der Waals surface area contributed by atoms with Crippen molar-refractivity contribution in [3.8, 4) is 5.75 Å². The molecular formula is C20H26N2O2. The van der Waals surface area contributed by atoms with Gasteiger partial charge in [-0.05, 0) is 29.2 Å². The second-order valence-electron chi connectivity index (χ2n) is 6.14. The van der Waals surface area contributed by atoms with Gasteiger partial charge in [0.1, 0.15) is 5.75 Å². The number of ether oxygens (including phenoxy) is 1. The van der Waals surface area contributed by atoms with E-state index >= 15 is 0 Å². The molecule has 0 saturated heterocycles. The molecule has 2 aromatic rings. The fourth-order valence-corrected chi connectivity index (χ4v) is 2.34. The van der Waals surface area contributed by atoms with E-state index in [2.05, 4.69) is 31.3 Å². The Bertz CT molecular complexity index is 624. The summed E-state index contributed by atoms with van der Waals surface area (Å²) >= 11 is 0. The fraction of sp³-hybridized carbons (Fsp3) is 0.350. The highest BCUT2D eigenvalue weighted by molar-refractivity contribution is 5.76. The zero-order valence-electron chi connectivity index (χ0n) is 14.4. The third kappa shape index (κ3) is 5.70. The lowest BCUT2D eigenvalue weighted by Crippen LogP contribution is -2.32. The Labute approximate surface area is 144 Å². The number of benzene rings is 2. The molecule has 0 bridgehead atoms. The molecule has 2 aromatic carbocycles. The second kappa shape index (κ2) is 9.08. The molecule has 2 rings (SSSR count). The van der Waals surface area contributed by atoms with Crippen LogP contribution in [0.4, 0.5) is 0 Å². The van der Waals surface area contributed by atoms with Crippen LogP contribution in [0.2, 0.25) is 0 Å². The SMILES string of the molecule is CC(C)c1ccc(OCCC(=O)NCC(N)c2ccccc2)cc1. The molecule has 128 valence electrons. The zero-order valence-corrected chi connectivity index (χ0v) is 14.4. The monoisotopic (exact) mass is 326 g/mol. The smallest absolute Gasteiger partial charge is 0.223 e. The van der Waals surface area contributed by atoms with Gasteiger partial charge in [-0.3, -0.25) is 4.79 Å². The van der Waals surface area contributed by atoms with Crippen molar-refractivity contribution in [3.63, 3.8) is 0 Å². The Morgan fingerprint density at radius 3 is 2.33 bits per heavy atom.